The highest BCUT2D eigenvalue weighted by Gasteiger charge is 2.45. The molecular weight excluding hydrogens is 406 g/mol. The highest BCUT2D eigenvalue weighted by atomic mass is 16.6. The molecule has 178 valence electrons. The van der Waals surface area contributed by atoms with Crippen molar-refractivity contribution in [2.45, 2.75) is 102 Å². The Morgan fingerprint density at radius 3 is 2.25 bits per heavy atom. The monoisotopic (exact) mass is 445 g/mol. The van der Waals surface area contributed by atoms with Gasteiger partial charge in [0.25, 0.3) is 5.91 Å². The van der Waals surface area contributed by atoms with Gasteiger partial charge in [-0.1, -0.05) is 88.6 Å². The summed E-state index contributed by atoms with van der Waals surface area (Å²) in [5.41, 5.74) is -0.578. The molecule has 2 rings (SSSR count). The van der Waals surface area contributed by atoms with Gasteiger partial charge >= 0.3 is 11.9 Å². The summed E-state index contributed by atoms with van der Waals surface area (Å²) in [6, 6.07) is 8.04. The van der Waals surface area contributed by atoms with Gasteiger partial charge in [-0.05, 0) is 31.2 Å². The van der Waals surface area contributed by atoms with Crippen molar-refractivity contribution in [3.8, 4) is 0 Å². The van der Waals surface area contributed by atoms with E-state index in [1.807, 2.05) is 6.07 Å². The first-order chi connectivity index (χ1) is 15.5. The molecule has 0 bridgehead atoms. The number of hydrogen-bond acceptors (Lipinski definition) is 5. The summed E-state index contributed by atoms with van der Waals surface area (Å²) in [6.45, 7) is 2.22. The van der Waals surface area contributed by atoms with E-state index in [9.17, 15) is 14.4 Å². The normalized spacial score (nSPS) is 19.1. The van der Waals surface area contributed by atoms with Crippen LogP contribution in [0.1, 0.15) is 102 Å². The molecule has 1 heterocycles. The van der Waals surface area contributed by atoms with E-state index in [0.29, 0.717) is 31.2 Å². The molecule has 1 aliphatic rings. The van der Waals surface area contributed by atoms with Crippen LogP contribution in [0.25, 0.3) is 0 Å². The number of methoxy groups -OCH3 is 1. The molecule has 6 nitrogen and oxygen atoms in total. The molecule has 0 saturated carbocycles. The van der Waals surface area contributed by atoms with Gasteiger partial charge in [0.1, 0.15) is 0 Å². The minimum absolute atomic E-state index is 0.325. The Morgan fingerprint density at radius 1 is 1.03 bits per heavy atom. The maximum Gasteiger partial charge on any atom is 0.333 e. The summed E-state index contributed by atoms with van der Waals surface area (Å²) in [5, 5.41) is 2.81. The zero-order valence-electron chi connectivity index (χ0n) is 19.7. The number of hydrogen-bond donors (Lipinski definition) is 1. The highest BCUT2D eigenvalue weighted by Crippen LogP contribution is 2.32. The zero-order valence-corrected chi connectivity index (χ0v) is 19.7. The Bertz CT molecular complexity index is 720. The van der Waals surface area contributed by atoms with Crippen LogP contribution in [-0.2, 0) is 23.9 Å². The minimum Gasteiger partial charge on any atom is -0.467 e. The lowest BCUT2D eigenvalue weighted by Crippen LogP contribution is -2.53. The van der Waals surface area contributed by atoms with Crippen molar-refractivity contribution in [1.29, 1.82) is 0 Å². The number of nitrogens with one attached hydrogen (secondary N) is 1. The van der Waals surface area contributed by atoms with Crippen LogP contribution >= 0.6 is 0 Å². The molecule has 0 aromatic heterocycles. The van der Waals surface area contributed by atoms with Gasteiger partial charge in [0, 0.05) is 6.42 Å². The Morgan fingerprint density at radius 2 is 1.66 bits per heavy atom. The summed E-state index contributed by atoms with van der Waals surface area (Å²) >= 11 is 0. The number of carbonyl (C=O) groups is 3. The molecule has 1 aliphatic heterocycles. The lowest BCUT2D eigenvalue weighted by Gasteiger charge is -2.36. The third-order valence-electron chi connectivity index (χ3n) is 6.21. The van der Waals surface area contributed by atoms with Crippen molar-refractivity contribution in [1.82, 2.24) is 5.32 Å². The summed E-state index contributed by atoms with van der Waals surface area (Å²) in [6.07, 6.45) is 12.4. The van der Waals surface area contributed by atoms with E-state index in [-0.39, 0.29) is 5.97 Å². The van der Waals surface area contributed by atoms with E-state index in [2.05, 4.69) is 12.2 Å². The van der Waals surface area contributed by atoms with E-state index in [1.165, 1.54) is 45.6 Å². The van der Waals surface area contributed by atoms with E-state index >= 15 is 0 Å². The van der Waals surface area contributed by atoms with Crippen molar-refractivity contribution in [3.63, 3.8) is 0 Å². The number of rotatable bonds is 14. The predicted molar refractivity (Wildman–Crippen MR) is 124 cm³/mol. The maximum atomic E-state index is 13.3. The predicted octanol–water partition coefficient (Wildman–Crippen LogP) is 5.40. The fourth-order valence-corrected chi connectivity index (χ4v) is 4.31. The number of amides is 1. The van der Waals surface area contributed by atoms with Crippen LogP contribution in [-0.4, -0.2) is 30.6 Å². The SMILES string of the molecule is CCCCCCCCCCC[C@]1(C(=O)N[C@@H](C(=O)OC)c2ccccc2)CCCC(=O)O1. The average Bonchev–Trinajstić information content (AvgIpc) is 2.81. The second kappa shape index (κ2) is 13.9. The molecule has 1 fully saturated rings. The zero-order chi connectivity index (χ0) is 23.2. The second-order valence-corrected chi connectivity index (χ2v) is 8.74. The number of carbonyl (C=O) groups excluding carboxylic acids is 3. The van der Waals surface area contributed by atoms with Crippen LogP contribution in [0.5, 0.6) is 0 Å². The van der Waals surface area contributed by atoms with Crippen LogP contribution in [0.3, 0.4) is 0 Å². The first kappa shape index (κ1) is 25.9. The molecule has 1 amide bonds. The molecule has 2 atom stereocenters. The molecule has 32 heavy (non-hydrogen) atoms. The van der Waals surface area contributed by atoms with E-state index < -0.39 is 23.5 Å². The fraction of sp³-hybridized carbons (Fsp3) is 0.654. The highest BCUT2D eigenvalue weighted by molar-refractivity contribution is 5.92. The first-order valence-electron chi connectivity index (χ1n) is 12.2. The number of cyclic esters (lactones) is 1. The van der Waals surface area contributed by atoms with Crippen LogP contribution < -0.4 is 5.32 Å². The number of esters is 2. The number of ether oxygens (including phenoxy) is 2. The smallest absolute Gasteiger partial charge is 0.333 e. The van der Waals surface area contributed by atoms with E-state index in [4.69, 9.17) is 9.47 Å². The molecule has 0 spiro atoms. The standard InChI is InChI=1S/C26H39NO5/c1-3-4-5-6-7-8-9-10-14-19-26(20-15-18-22(28)32-26)25(30)27-23(24(29)31-2)21-16-12-11-13-17-21/h11-13,16-17,23H,3-10,14-15,18-20H2,1-2H3,(H,27,30)/t23-,26-/m1/s1. The molecular formula is C26H39NO5. The summed E-state index contributed by atoms with van der Waals surface area (Å²) in [7, 11) is 1.29. The van der Waals surface area contributed by atoms with Crippen molar-refractivity contribution in [2.75, 3.05) is 7.11 Å². The quantitative estimate of drug-likeness (QED) is 0.306. The van der Waals surface area contributed by atoms with Gasteiger partial charge in [-0.15, -0.1) is 0 Å². The van der Waals surface area contributed by atoms with E-state index in [1.54, 1.807) is 24.3 Å². The lowest BCUT2D eigenvalue weighted by atomic mass is 9.86. The average molecular weight is 446 g/mol. The summed E-state index contributed by atoms with van der Waals surface area (Å²) in [5.74, 6) is -1.31. The van der Waals surface area contributed by atoms with Crippen LogP contribution in [0.4, 0.5) is 0 Å². The maximum absolute atomic E-state index is 13.3. The minimum atomic E-state index is -1.21. The first-order valence-corrected chi connectivity index (χ1v) is 12.2. The van der Waals surface area contributed by atoms with Crippen LogP contribution in [0.2, 0.25) is 0 Å². The number of benzene rings is 1. The van der Waals surface area contributed by atoms with Crippen molar-refractivity contribution < 1.29 is 23.9 Å². The second-order valence-electron chi connectivity index (χ2n) is 8.74. The molecule has 0 aliphatic carbocycles. The van der Waals surface area contributed by atoms with Gasteiger partial charge in [-0.25, -0.2) is 4.79 Å². The van der Waals surface area contributed by atoms with Gasteiger partial charge < -0.3 is 14.8 Å². The molecule has 1 aromatic carbocycles. The van der Waals surface area contributed by atoms with E-state index in [0.717, 1.165) is 19.3 Å². The Kier molecular flexibility index (Phi) is 11.3. The van der Waals surface area contributed by atoms with Gasteiger partial charge in [0.05, 0.1) is 7.11 Å². The van der Waals surface area contributed by atoms with Gasteiger partial charge in [-0.3, -0.25) is 9.59 Å². The van der Waals surface area contributed by atoms with Crippen LogP contribution in [0.15, 0.2) is 30.3 Å². The van der Waals surface area contributed by atoms with Gasteiger partial charge in [-0.2, -0.15) is 0 Å². The van der Waals surface area contributed by atoms with Crippen LogP contribution in [0, 0.1) is 0 Å². The molecule has 1 N–H and O–H groups in total. The Labute approximate surface area is 192 Å². The topological polar surface area (TPSA) is 81.7 Å². The molecule has 0 unspecified atom stereocenters. The Balaban J connectivity index is 1.96. The van der Waals surface area contributed by atoms with Crippen molar-refractivity contribution in [3.05, 3.63) is 35.9 Å². The Hall–Kier alpha value is -2.37. The summed E-state index contributed by atoms with van der Waals surface area (Å²) < 4.78 is 10.6. The van der Waals surface area contributed by atoms with Gasteiger partial charge in [0.2, 0.25) is 0 Å². The number of unbranched alkanes of at least 4 members (excludes halogenated alkanes) is 8. The third-order valence-corrected chi connectivity index (χ3v) is 6.21. The molecule has 1 saturated heterocycles. The third kappa shape index (κ3) is 7.95. The van der Waals surface area contributed by atoms with Gasteiger partial charge in [0.15, 0.2) is 11.6 Å². The largest absolute Gasteiger partial charge is 0.467 e. The lowest BCUT2D eigenvalue weighted by molar-refractivity contribution is -0.177. The summed E-state index contributed by atoms with van der Waals surface area (Å²) in [4.78, 5) is 37.8. The van der Waals surface area contributed by atoms with Crippen molar-refractivity contribution in [2.24, 2.45) is 0 Å². The van der Waals surface area contributed by atoms with Crippen molar-refractivity contribution >= 4 is 17.8 Å². The molecule has 1 aromatic rings. The fourth-order valence-electron chi connectivity index (χ4n) is 4.31. The molecule has 0 radical (unpaired) electrons. The molecule has 6 heteroatoms.